The molecule has 1 aliphatic heterocycles. The van der Waals surface area contributed by atoms with Gasteiger partial charge >= 0.3 is 6.18 Å². The van der Waals surface area contributed by atoms with Crippen LogP contribution in [0, 0.1) is 13.8 Å². The van der Waals surface area contributed by atoms with Gasteiger partial charge in [-0.3, -0.25) is 9.48 Å². The van der Waals surface area contributed by atoms with E-state index in [4.69, 9.17) is 11.6 Å². The number of hydrogen-bond acceptors (Lipinski definition) is 4. The molecule has 2 N–H and O–H groups in total. The van der Waals surface area contributed by atoms with Crippen molar-refractivity contribution in [1.29, 1.82) is 0 Å². The zero-order chi connectivity index (χ0) is 23.2. The zero-order valence-corrected chi connectivity index (χ0v) is 18.4. The molecule has 32 heavy (non-hydrogen) atoms. The summed E-state index contributed by atoms with van der Waals surface area (Å²) in [4.78, 5) is 12.7. The summed E-state index contributed by atoms with van der Waals surface area (Å²) >= 11 is 6.36. The summed E-state index contributed by atoms with van der Waals surface area (Å²) in [6.45, 7) is 3.90. The highest BCUT2D eigenvalue weighted by Gasteiger charge is 2.47. The molecule has 11 heteroatoms. The van der Waals surface area contributed by atoms with Gasteiger partial charge in [0.05, 0.1) is 12.2 Å². The second kappa shape index (κ2) is 8.16. The molecule has 1 amide bonds. The number of aryl methyl sites for hydroxylation is 2. The van der Waals surface area contributed by atoms with Crippen LogP contribution >= 0.6 is 11.6 Å². The summed E-state index contributed by atoms with van der Waals surface area (Å²) in [6.07, 6.45) is -3.22. The van der Waals surface area contributed by atoms with Crippen LogP contribution in [0.1, 0.15) is 51.4 Å². The van der Waals surface area contributed by atoms with Crippen LogP contribution in [0.3, 0.4) is 0 Å². The summed E-state index contributed by atoms with van der Waals surface area (Å²) in [5.41, 5.74) is 3.09. The van der Waals surface area contributed by atoms with Gasteiger partial charge in [0, 0.05) is 31.3 Å². The van der Waals surface area contributed by atoms with Crippen molar-refractivity contribution >= 4 is 23.3 Å². The van der Waals surface area contributed by atoms with Gasteiger partial charge in [0.1, 0.15) is 10.8 Å². The van der Waals surface area contributed by atoms with E-state index in [-0.39, 0.29) is 29.5 Å². The molecule has 0 unspecified atom stereocenters. The zero-order valence-electron chi connectivity index (χ0n) is 17.7. The fourth-order valence-corrected chi connectivity index (χ4v) is 3.99. The smallest absolute Gasteiger partial charge is 0.362 e. The molecule has 0 saturated heterocycles. The summed E-state index contributed by atoms with van der Waals surface area (Å²) in [6, 6.07) is 4.70. The lowest BCUT2D eigenvalue weighted by atomic mass is 9.96. The van der Waals surface area contributed by atoms with E-state index >= 15 is 0 Å². The fourth-order valence-electron chi connectivity index (χ4n) is 3.73. The molecule has 0 spiro atoms. The number of carbonyl (C=O) groups is 1. The number of nitrogens with zero attached hydrogens (tertiary/aromatic N) is 4. The van der Waals surface area contributed by atoms with E-state index in [1.165, 1.54) is 0 Å². The fraction of sp³-hybridized carbons (Fsp3) is 0.381. The highest BCUT2D eigenvalue weighted by atomic mass is 35.5. The van der Waals surface area contributed by atoms with E-state index in [0.717, 1.165) is 21.5 Å². The molecule has 1 aromatic carbocycles. The molecule has 2 aromatic heterocycles. The van der Waals surface area contributed by atoms with Crippen LogP contribution in [0.25, 0.3) is 0 Å². The van der Waals surface area contributed by atoms with Crippen LogP contribution in [-0.4, -0.2) is 31.6 Å². The van der Waals surface area contributed by atoms with Crippen molar-refractivity contribution in [3.63, 3.8) is 0 Å². The number of amides is 1. The number of anilines is 1. The average Bonchev–Trinajstić information content (AvgIpc) is 3.25. The van der Waals surface area contributed by atoms with Gasteiger partial charge in [-0.05, 0) is 19.4 Å². The molecular formula is C21H22ClF3N6O. The minimum absolute atomic E-state index is 0.0199. The third-order valence-corrected chi connectivity index (χ3v) is 6.12. The number of fused-ring (bicyclic) bond motifs is 1. The Morgan fingerprint density at radius 3 is 2.56 bits per heavy atom. The van der Waals surface area contributed by atoms with Crippen LogP contribution in [0.2, 0.25) is 5.02 Å². The Morgan fingerprint density at radius 2 is 1.97 bits per heavy atom. The van der Waals surface area contributed by atoms with Crippen LogP contribution in [-0.2, 0) is 13.6 Å². The van der Waals surface area contributed by atoms with Crippen LogP contribution < -0.4 is 10.6 Å². The largest absolute Gasteiger partial charge is 0.410 e. The minimum Gasteiger partial charge on any atom is -0.362 e. The monoisotopic (exact) mass is 466 g/mol. The maximum atomic E-state index is 13.9. The first kappa shape index (κ1) is 22.2. The standard InChI is InChI=1S/C21H22ClF3N6O/c1-11-4-6-13(7-5-11)15-8-16(21(23,24)25)31-19(28-15)17(22)18(29-31)20(32)26-9-14-10-27-30(3)12(14)2/h4-7,10,15-16,28H,8-9H2,1-3H3,(H,26,32)/t15-,16-/m1/s1. The SMILES string of the molecule is Cc1ccc([C@H]2C[C@H](C(F)(F)F)n3nc(C(=O)NCc4cnn(C)c4C)c(Cl)c3N2)cc1. The van der Waals surface area contributed by atoms with Gasteiger partial charge in [0.15, 0.2) is 11.7 Å². The molecule has 0 saturated carbocycles. The molecular weight excluding hydrogens is 445 g/mol. The molecule has 170 valence electrons. The molecule has 0 bridgehead atoms. The lowest BCUT2D eigenvalue weighted by Gasteiger charge is -2.33. The number of benzene rings is 1. The number of nitrogens with one attached hydrogen (secondary N) is 2. The molecule has 2 atom stereocenters. The first-order chi connectivity index (χ1) is 15.1. The van der Waals surface area contributed by atoms with E-state index in [9.17, 15) is 18.0 Å². The van der Waals surface area contributed by atoms with Crippen LogP contribution in [0.15, 0.2) is 30.5 Å². The Kier molecular flexibility index (Phi) is 5.66. The van der Waals surface area contributed by atoms with Crippen LogP contribution in [0.5, 0.6) is 0 Å². The van der Waals surface area contributed by atoms with E-state index < -0.39 is 24.2 Å². The van der Waals surface area contributed by atoms with Gasteiger partial charge in [-0.2, -0.15) is 23.4 Å². The predicted molar refractivity (Wildman–Crippen MR) is 114 cm³/mol. The van der Waals surface area contributed by atoms with E-state index in [1.54, 1.807) is 30.1 Å². The van der Waals surface area contributed by atoms with Gasteiger partial charge in [0.25, 0.3) is 5.91 Å². The number of hydrogen-bond donors (Lipinski definition) is 2. The molecule has 7 nitrogen and oxygen atoms in total. The van der Waals surface area contributed by atoms with Crippen molar-refractivity contribution < 1.29 is 18.0 Å². The van der Waals surface area contributed by atoms with Gasteiger partial charge in [0.2, 0.25) is 0 Å². The lowest BCUT2D eigenvalue weighted by Crippen LogP contribution is -2.35. The Bertz CT molecular complexity index is 1150. The first-order valence-electron chi connectivity index (χ1n) is 9.99. The maximum absolute atomic E-state index is 13.9. The van der Waals surface area contributed by atoms with Crippen molar-refractivity contribution in [3.05, 3.63) is 63.6 Å². The second-order valence-corrected chi connectivity index (χ2v) is 8.30. The lowest BCUT2D eigenvalue weighted by molar-refractivity contribution is -0.173. The molecule has 0 aliphatic carbocycles. The van der Waals surface area contributed by atoms with Gasteiger partial charge < -0.3 is 10.6 Å². The van der Waals surface area contributed by atoms with E-state index in [2.05, 4.69) is 20.8 Å². The van der Waals surface area contributed by atoms with Gasteiger partial charge in [-0.15, -0.1) is 0 Å². The Hall–Kier alpha value is -3.01. The summed E-state index contributed by atoms with van der Waals surface area (Å²) < 4.78 is 44.1. The highest BCUT2D eigenvalue weighted by molar-refractivity contribution is 6.36. The summed E-state index contributed by atoms with van der Waals surface area (Å²) in [5, 5.41) is 13.6. The van der Waals surface area contributed by atoms with E-state index in [0.29, 0.717) is 5.56 Å². The molecule has 0 radical (unpaired) electrons. The van der Waals surface area contributed by atoms with Crippen molar-refractivity contribution in [1.82, 2.24) is 24.9 Å². The quantitative estimate of drug-likeness (QED) is 0.594. The molecule has 0 fully saturated rings. The Labute approximate surface area is 187 Å². The first-order valence-corrected chi connectivity index (χ1v) is 10.4. The topological polar surface area (TPSA) is 76.8 Å². The number of alkyl halides is 3. The van der Waals surface area contributed by atoms with Gasteiger partial charge in [-0.1, -0.05) is 41.4 Å². The molecule has 3 aromatic rings. The highest BCUT2D eigenvalue weighted by Crippen LogP contribution is 2.46. The molecule has 4 rings (SSSR count). The van der Waals surface area contributed by atoms with Crippen molar-refractivity contribution in [2.75, 3.05) is 5.32 Å². The predicted octanol–water partition coefficient (Wildman–Crippen LogP) is 4.48. The Balaban J connectivity index is 1.63. The Morgan fingerprint density at radius 1 is 1.28 bits per heavy atom. The van der Waals surface area contributed by atoms with Gasteiger partial charge in [-0.25, -0.2) is 4.68 Å². The van der Waals surface area contributed by atoms with Crippen molar-refractivity contribution in [2.24, 2.45) is 7.05 Å². The summed E-state index contributed by atoms with van der Waals surface area (Å²) in [5.74, 6) is -0.678. The van der Waals surface area contributed by atoms with Crippen LogP contribution in [0.4, 0.5) is 19.0 Å². The molecule has 3 heterocycles. The normalized spacial score (nSPS) is 18.2. The summed E-state index contributed by atoms with van der Waals surface area (Å²) in [7, 11) is 1.77. The number of carbonyl (C=O) groups excluding carboxylic acids is 1. The van der Waals surface area contributed by atoms with Crippen molar-refractivity contribution in [2.45, 2.75) is 45.1 Å². The maximum Gasteiger partial charge on any atom is 0.410 e. The number of halogens is 4. The molecule has 1 aliphatic rings. The van der Waals surface area contributed by atoms with Crippen molar-refractivity contribution in [3.8, 4) is 0 Å². The second-order valence-electron chi connectivity index (χ2n) is 7.92. The van der Waals surface area contributed by atoms with E-state index in [1.807, 2.05) is 26.0 Å². The minimum atomic E-state index is -4.56. The number of rotatable bonds is 4. The third kappa shape index (κ3) is 4.06. The average molecular weight is 467 g/mol. The third-order valence-electron chi connectivity index (χ3n) is 5.77. The number of aromatic nitrogens is 4.